The van der Waals surface area contributed by atoms with E-state index < -0.39 is 0 Å². The van der Waals surface area contributed by atoms with E-state index in [1.165, 1.54) is 0 Å². The Morgan fingerprint density at radius 1 is 1.12 bits per heavy atom. The molecule has 1 heterocycles. The van der Waals surface area contributed by atoms with Gasteiger partial charge in [-0.1, -0.05) is 12.1 Å². The molecule has 1 fully saturated rings. The molecule has 0 radical (unpaired) electrons. The Bertz CT molecular complexity index is 502. The molecule has 0 spiro atoms. The topological polar surface area (TPSA) is 54.0 Å². The van der Waals surface area contributed by atoms with Gasteiger partial charge in [-0.2, -0.15) is 0 Å². The van der Waals surface area contributed by atoms with Crippen molar-refractivity contribution in [3.63, 3.8) is 0 Å². The van der Waals surface area contributed by atoms with Gasteiger partial charge in [-0.15, -0.1) is 0 Å². The fraction of sp³-hybridized carbons (Fsp3) is 0.611. The minimum atomic E-state index is 0.230. The number of carbonyl (C=O) groups is 1. The summed E-state index contributed by atoms with van der Waals surface area (Å²) in [4.78, 5) is 16.5. The molecule has 0 aliphatic carbocycles. The fourth-order valence-electron chi connectivity index (χ4n) is 2.91. The molecule has 24 heavy (non-hydrogen) atoms. The number of methoxy groups -OCH3 is 2. The van der Waals surface area contributed by atoms with E-state index in [0.29, 0.717) is 6.42 Å². The van der Waals surface area contributed by atoms with Crippen LogP contribution in [0.2, 0.25) is 0 Å². The number of hydrogen-bond acceptors (Lipinski definition) is 5. The van der Waals surface area contributed by atoms with E-state index in [4.69, 9.17) is 9.47 Å². The molecule has 134 valence electrons. The van der Waals surface area contributed by atoms with Crippen LogP contribution in [0.1, 0.15) is 12.8 Å². The normalized spacial score (nSPS) is 14.8. The maximum atomic E-state index is 12.3. The van der Waals surface area contributed by atoms with Gasteiger partial charge in [0.15, 0.2) is 0 Å². The van der Waals surface area contributed by atoms with Crippen LogP contribution in [0.25, 0.3) is 0 Å². The maximum absolute atomic E-state index is 12.3. The summed E-state index contributed by atoms with van der Waals surface area (Å²) in [5.41, 5.74) is 1.10. The Labute approximate surface area is 144 Å². The summed E-state index contributed by atoms with van der Waals surface area (Å²) in [5.74, 6) is 1.12. The van der Waals surface area contributed by atoms with E-state index in [9.17, 15) is 4.79 Å². The molecule has 0 saturated carbocycles. The number of benzene rings is 1. The summed E-state index contributed by atoms with van der Waals surface area (Å²) in [6.07, 6.45) is 1.53. The van der Waals surface area contributed by atoms with E-state index in [-0.39, 0.29) is 5.91 Å². The fourth-order valence-corrected chi connectivity index (χ4v) is 2.91. The summed E-state index contributed by atoms with van der Waals surface area (Å²) in [6.45, 7) is 5.59. The molecule has 1 N–H and O–H groups in total. The van der Waals surface area contributed by atoms with Crippen LogP contribution in [0.4, 0.5) is 5.69 Å². The number of rotatable bonds is 9. The van der Waals surface area contributed by atoms with E-state index in [2.05, 4.69) is 16.3 Å². The zero-order valence-corrected chi connectivity index (χ0v) is 14.8. The lowest BCUT2D eigenvalue weighted by Crippen LogP contribution is -2.49. The molecule has 0 aromatic heterocycles. The van der Waals surface area contributed by atoms with Crippen LogP contribution in [0.3, 0.4) is 0 Å². The molecule has 0 bridgehead atoms. The van der Waals surface area contributed by atoms with E-state index in [0.717, 1.165) is 63.7 Å². The second kappa shape index (κ2) is 10.2. The van der Waals surface area contributed by atoms with Crippen molar-refractivity contribution >= 4 is 11.6 Å². The van der Waals surface area contributed by atoms with Gasteiger partial charge in [-0.05, 0) is 25.1 Å². The van der Waals surface area contributed by atoms with Gasteiger partial charge in [-0.3, -0.25) is 4.79 Å². The first-order valence-corrected chi connectivity index (χ1v) is 8.61. The third kappa shape index (κ3) is 5.39. The van der Waals surface area contributed by atoms with Crippen LogP contribution in [0.5, 0.6) is 5.75 Å². The average Bonchev–Trinajstić information content (AvgIpc) is 2.64. The molecular formula is C18H29N3O3. The quantitative estimate of drug-likeness (QED) is 0.691. The van der Waals surface area contributed by atoms with Crippen LogP contribution < -0.4 is 15.0 Å². The van der Waals surface area contributed by atoms with Gasteiger partial charge >= 0.3 is 0 Å². The van der Waals surface area contributed by atoms with Crippen molar-refractivity contribution < 1.29 is 14.3 Å². The van der Waals surface area contributed by atoms with Gasteiger partial charge in [0.2, 0.25) is 5.91 Å². The molecule has 1 aromatic rings. The van der Waals surface area contributed by atoms with Crippen LogP contribution in [0, 0.1) is 0 Å². The Morgan fingerprint density at radius 3 is 2.58 bits per heavy atom. The highest BCUT2D eigenvalue weighted by Crippen LogP contribution is 2.28. The number of ether oxygens (including phenoxy) is 2. The number of piperazine rings is 1. The molecular weight excluding hydrogens is 306 g/mol. The summed E-state index contributed by atoms with van der Waals surface area (Å²) in [7, 11) is 3.40. The number of amides is 1. The van der Waals surface area contributed by atoms with Gasteiger partial charge in [-0.25, -0.2) is 0 Å². The maximum Gasteiger partial charge on any atom is 0.223 e. The van der Waals surface area contributed by atoms with Crippen LogP contribution in [-0.4, -0.2) is 70.9 Å². The van der Waals surface area contributed by atoms with Crippen molar-refractivity contribution in [3.05, 3.63) is 24.3 Å². The summed E-state index contributed by atoms with van der Waals surface area (Å²) in [6, 6.07) is 8.04. The van der Waals surface area contributed by atoms with E-state index in [1.54, 1.807) is 14.2 Å². The zero-order chi connectivity index (χ0) is 17.2. The lowest BCUT2D eigenvalue weighted by molar-refractivity contribution is -0.131. The summed E-state index contributed by atoms with van der Waals surface area (Å²) < 4.78 is 10.4. The second-order valence-electron chi connectivity index (χ2n) is 5.89. The largest absolute Gasteiger partial charge is 0.495 e. The van der Waals surface area contributed by atoms with Crippen molar-refractivity contribution in [1.29, 1.82) is 0 Å². The predicted molar refractivity (Wildman–Crippen MR) is 95.8 cm³/mol. The standard InChI is InChI=1S/C18H29N3O3/c1-23-15-5-9-19-10-8-18(22)21-13-11-20(12-14-21)16-6-3-4-7-17(16)24-2/h3-4,6-7,19H,5,8-15H2,1-2H3. The third-order valence-corrected chi connectivity index (χ3v) is 4.28. The minimum Gasteiger partial charge on any atom is -0.495 e. The number of anilines is 1. The number of para-hydroxylation sites is 2. The third-order valence-electron chi connectivity index (χ3n) is 4.28. The SMILES string of the molecule is COCCCNCCC(=O)N1CCN(c2ccccc2OC)CC1. The number of carbonyl (C=O) groups excluding carboxylic acids is 1. The van der Waals surface area contributed by atoms with E-state index in [1.807, 2.05) is 23.1 Å². The van der Waals surface area contributed by atoms with Gasteiger partial charge in [0.05, 0.1) is 12.8 Å². The highest BCUT2D eigenvalue weighted by molar-refractivity contribution is 5.76. The summed E-state index contributed by atoms with van der Waals surface area (Å²) in [5, 5.41) is 3.29. The molecule has 1 aromatic carbocycles. The molecule has 0 unspecified atom stereocenters. The monoisotopic (exact) mass is 335 g/mol. The van der Waals surface area contributed by atoms with Crippen LogP contribution in [0.15, 0.2) is 24.3 Å². The first-order valence-electron chi connectivity index (χ1n) is 8.61. The van der Waals surface area contributed by atoms with Crippen LogP contribution in [-0.2, 0) is 9.53 Å². The zero-order valence-electron chi connectivity index (χ0n) is 14.8. The first-order chi connectivity index (χ1) is 11.8. The molecule has 1 saturated heterocycles. The van der Waals surface area contributed by atoms with Gasteiger partial charge in [0.1, 0.15) is 5.75 Å². The Morgan fingerprint density at radius 2 is 1.88 bits per heavy atom. The number of nitrogens with zero attached hydrogens (tertiary/aromatic N) is 2. The van der Waals surface area contributed by atoms with Crippen molar-refractivity contribution in [3.8, 4) is 5.75 Å². The second-order valence-corrected chi connectivity index (χ2v) is 5.89. The molecule has 0 atom stereocenters. The molecule has 1 aliphatic rings. The highest BCUT2D eigenvalue weighted by Gasteiger charge is 2.22. The van der Waals surface area contributed by atoms with Gasteiger partial charge in [0, 0.05) is 52.9 Å². The Hall–Kier alpha value is -1.79. The van der Waals surface area contributed by atoms with Crippen molar-refractivity contribution in [1.82, 2.24) is 10.2 Å². The smallest absolute Gasteiger partial charge is 0.223 e. The average molecular weight is 335 g/mol. The minimum absolute atomic E-state index is 0.230. The van der Waals surface area contributed by atoms with Gasteiger partial charge < -0.3 is 24.6 Å². The summed E-state index contributed by atoms with van der Waals surface area (Å²) >= 11 is 0. The van der Waals surface area contributed by atoms with Gasteiger partial charge in [0.25, 0.3) is 0 Å². The predicted octanol–water partition coefficient (Wildman–Crippen LogP) is 1.36. The lowest BCUT2D eigenvalue weighted by Gasteiger charge is -2.36. The Kier molecular flexibility index (Phi) is 7.85. The number of nitrogens with one attached hydrogen (secondary N) is 1. The van der Waals surface area contributed by atoms with Crippen LogP contribution >= 0.6 is 0 Å². The Balaban J connectivity index is 1.71. The van der Waals surface area contributed by atoms with E-state index >= 15 is 0 Å². The molecule has 6 nitrogen and oxygen atoms in total. The number of hydrogen-bond donors (Lipinski definition) is 1. The van der Waals surface area contributed by atoms with Crippen molar-refractivity contribution in [2.24, 2.45) is 0 Å². The lowest BCUT2D eigenvalue weighted by atomic mass is 10.2. The first kappa shape index (κ1) is 18.5. The molecule has 1 aliphatic heterocycles. The molecule has 1 amide bonds. The van der Waals surface area contributed by atoms with Crippen molar-refractivity contribution in [2.75, 3.05) is 65.0 Å². The highest BCUT2D eigenvalue weighted by atomic mass is 16.5. The van der Waals surface area contributed by atoms with Crippen molar-refractivity contribution in [2.45, 2.75) is 12.8 Å². The molecule has 2 rings (SSSR count). The molecule has 6 heteroatoms.